The lowest BCUT2D eigenvalue weighted by molar-refractivity contribution is 0.254. The zero-order valence-electron chi connectivity index (χ0n) is 15.1. The molecule has 4 rings (SSSR count). The number of benzene rings is 2. The average Bonchev–Trinajstić information content (AvgIpc) is 2.71. The minimum absolute atomic E-state index is 0.117. The van der Waals surface area contributed by atoms with E-state index in [1.165, 1.54) is 12.3 Å². The van der Waals surface area contributed by atoms with Gasteiger partial charge in [-0.25, -0.2) is 9.67 Å². The molecule has 3 aromatic rings. The molecule has 0 radical (unpaired) electrons. The molecule has 3 N–H and O–H groups in total. The van der Waals surface area contributed by atoms with E-state index in [4.69, 9.17) is 5.73 Å². The van der Waals surface area contributed by atoms with Gasteiger partial charge in [-0.3, -0.25) is 9.79 Å². The molecular formula is C21H19N5O2. The van der Waals surface area contributed by atoms with Crippen LogP contribution in [0.1, 0.15) is 16.8 Å². The van der Waals surface area contributed by atoms with Gasteiger partial charge in [0.2, 0.25) is 5.43 Å². The normalized spacial score (nSPS) is 16.0. The second kappa shape index (κ2) is 7.58. The van der Waals surface area contributed by atoms with Crippen LogP contribution in [0.25, 0.3) is 5.69 Å². The summed E-state index contributed by atoms with van der Waals surface area (Å²) in [5.74, 6) is 0.576. The summed E-state index contributed by atoms with van der Waals surface area (Å²) in [6.45, 7) is 0.301. The molecule has 0 amide bonds. The summed E-state index contributed by atoms with van der Waals surface area (Å²) in [4.78, 5) is 20.8. The smallest absolute Gasteiger partial charge is 0.203 e. The van der Waals surface area contributed by atoms with Crippen molar-refractivity contribution in [1.82, 2.24) is 9.78 Å². The van der Waals surface area contributed by atoms with Crippen LogP contribution in [0.3, 0.4) is 0 Å². The summed E-state index contributed by atoms with van der Waals surface area (Å²) in [7, 11) is 0. The zero-order valence-corrected chi connectivity index (χ0v) is 15.1. The summed E-state index contributed by atoms with van der Waals surface area (Å²) in [5.41, 5.74) is 9.33. The zero-order chi connectivity index (χ0) is 19.5. The van der Waals surface area contributed by atoms with E-state index in [-0.39, 0.29) is 5.43 Å². The molecule has 7 heteroatoms. The summed E-state index contributed by atoms with van der Waals surface area (Å²) in [6, 6.07) is 16.5. The second-order valence-corrected chi connectivity index (χ2v) is 6.55. The highest BCUT2D eigenvalue weighted by Crippen LogP contribution is 2.13. The van der Waals surface area contributed by atoms with Crippen LogP contribution < -0.4 is 11.2 Å². The molecule has 140 valence electrons. The number of nitrogen functional groups attached to an aromatic ring is 1. The highest BCUT2D eigenvalue weighted by atomic mass is 16.3. The molecule has 0 aliphatic carbocycles. The molecule has 2 aromatic carbocycles. The number of nitrogens with two attached hydrogens (primary N) is 1. The van der Waals surface area contributed by atoms with E-state index in [1.54, 1.807) is 23.0 Å². The molecule has 0 bridgehead atoms. The van der Waals surface area contributed by atoms with Crippen LogP contribution in [-0.4, -0.2) is 39.6 Å². The van der Waals surface area contributed by atoms with E-state index in [0.717, 1.165) is 16.8 Å². The Hall–Kier alpha value is -3.58. The quantitative estimate of drug-likeness (QED) is 0.678. The van der Waals surface area contributed by atoms with E-state index >= 15 is 0 Å². The maximum absolute atomic E-state index is 12.3. The molecule has 1 aliphatic rings. The summed E-state index contributed by atoms with van der Waals surface area (Å²) in [6.07, 6.45) is 2.89. The van der Waals surface area contributed by atoms with Gasteiger partial charge in [-0.1, -0.05) is 18.2 Å². The first-order valence-electron chi connectivity index (χ1n) is 8.89. The Labute approximate surface area is 161 Å². The van der Waals surface area contributed by atoms with Crippen LogP contribution in [0.4, 0.5) is 5.69 Å². The van der Waals surface area contributed by atoms with Crippen molar-refractivity contribution in [3.05, 3.63) is 87.8 Å². The predicted octanol–water partition coefficient (Wildman–Crippen LogP) is 1.60. The van der Waals surface area contributed by atoms with Crippen molar-refractivity contribution in [2.45, 2.75) is 12.5 Å². The second-order valence-electron chi connectivity index (χ2n) is 6.55. The number of aromatic nitrogens is 2. The lowest BCUT2D eigenvalue weighted by atomic mass is 10.1. The fourth-order valence-electron chi connectivity index (χ4n) is 2.94. The number of aliphatic hydroxyl groups is 1. The molecule has 2 heterocycles. The van der Waals surface area contributed by atoms with Gasteiger partial charge < -0.3 is 10.8 Å². The number of nitrogens with zero attached hydrogens (tertiary/aromatic N) is 4. The van der Waals surface area contributed by atoms with Crippen LogP contribution in [0.5, 0.6) is 0 Å². The Morgan fingerprint density at radius 1 is 1.14 bits per heavy atom. The molecule has 0 saturated heterocycles. The Morgan fingerprint density at radius 3 is 2.71 bits per heavy atom. The number of hydrogen-bond acceptors (Lipinski definition) is 6. The molecule has 0 fully saturated rings. The predicted molar refractivity (Wildman–Crippen MR) is 109 cm³/mol. The fraction of sp³-hybridized carbons (Fsp3) is 0.143. The first kappa shape index (κ1) is 17.8. The molecule has 7 nitrogen and oxygen atoms in total. The van der Waals surface area contributed by atoms with Crippen molar-refractivity contribution in [1.29, 1.82) is 0 Å². The van der Waals surface area contributed by atoms with E-state index in [1.807, 2.05) is 36.4 Å². The number of hydrogen-bond donors (Lipinski definition) is 2. The molecule has 0 spiro atoms. The standard InChI is InChI=1S/C21H19N5O2/c22-16-4-6-17(7-5-16)26-9-8-20(28)19(25-26)11-14-2-1-3-15(10-14)21-23-12-18(27)13-24-21/h1-10,12,18,27H,11,13,22H2. The van der Waals surface area contributed by atoms with Gasteiger partial charge in [-0.05, 0) is 35.9 Å². The van der Waals surface area contributed by atoms with E-state index in [2.05, 4.69) is 15.1 Å². The maximum Gasteiger partial charge on any atom is 0.203 e. The van der Waals surface area contributed by atoms with E-state index < -0.39 is 6.10 Å². The van der Waals surface area contributed by atoms with Crippen LogP contribution in [0, 0.1) is 0 Å². The molecule has 0 saturated carbocycles. The number of aliphatic imine (C=N–C) groups is 2. The van der Waals surface area contributed by atoms with Crippen molar-refractivity contribution >= 4 is 17.7 Å². The SMILES string of the molecule is Nc1ccc(-n2ccc(=O)c(Cc3cccc(C4=NCC(O)C=N4)c3)n2)cc1. The van der Waals surface area contributed by atoms with Gasteiger partial charge in [-0.2, -0.15) is 5.10 Å². The summed E-state index contributed by atoms with van der Waals surface area (Å²) < 4.78 is 1.66. The van der Waals surface area contributed by atoms with Gasteiger partial charge in [-0.15, -0.1) is 0 Å². The van der Waals surface area contributed by atoms with Crippen LogP contribution in [0.15, 0.2) is 75.6 Å². The van der Waals surface area contributed by atoms with Gasteiger partial charge in [0.1, 0.15) is 11.8 Å². The van der Waals surface area contributed by atoms with Gasteiger partial charge in [0.05, 0.1) is 12.2 Å². The average molecular weight is 373 g/mol. The molecule has 28 heavy (non-hydrogen) atoms. The lowest BCUT2D eigenvalue weighted by Gasteiger charge is -2.11. The molecular weight excluding hydrogens is 354 g/mol. The molecule has 1 aromatic heterocycles. The van der Waals surface area contributed by atoms with Crippen molar-refractivity contribution < 1.29 is 5.11 Å². The first-order chi connectivity index (χ1) is 13.6. The van der Waals surface area contributed by atoms with Gasteiger partial charge >= 0.3 is 0 Å². The third kappa shape index (κ3) is 3.89. The van der Waals surface area contributed by atoms with Crippen molar-refractivity contribution in [3.63, 3.8) is 0 Å². The lowest BCUT2D eigenvalue weighted by Crippen LogP contribution is -2.19. The Balaban J connectivity index is 1.62. The highest BCUT2D eigenvalue weighted by Gasteiger charge is 2.11. The Bertz CT molecular complexity index is 1120. The van der Waals surface area contributed by atoms with Crippen molar-refractivity contribution in [2.24, 2.45) is 9.98 Å². The maximum atomic E-state index is 12.3. The fourth-order valence-corrected chi connectivity index (χ4v) is 2.94. The minimum Gasteiger partial charge on any atom is -0.399 e. The van der Waals surface area contributed by atoms with Crippen LogP contribution >= 0.6 is 0 Å². The number of amidine groups is 1. The molecule has 1 unspecified atom stereocenters. The van der Waals surface area contributed by atoms with Crippen molar-refractivity contribution in [3.8, 4) is 5.69 Å². The third-order valence-electron chi connectivity index (χ3n) is 4.39. The van der Waals surface area contributed by atoms with Crippen molar-refractivity contribution in [2.75, 3.05) is 12.3 Å². The largest absolute Gasteiger partial charge is 0.399 e. The van der Waals surface area contributed by atoms with E-state index in [0.29, 0.717) is 30.2 Å². The Kier molecular flexibility index (Phi) is 4.82. The monoisotopic (exact) mass is 373 g/mol. The Morgan fingerprint density at radius 2 is 1.96 bits per heavy atom. The summed E-state index contributed by atoms with van der Waals surface area (Å²) in [5, 5.41) is 14.0. The summed E-state index contributed by atoms with van der Waals surface area (Å²) >= 11 is 0. The minimum atomic E-state index is -0.632. The number of anilines is 1. The molecule has 1 atom stereocenters. The number of aliphatic hydroxyl groups excluding tert-OH is 1. The van der Waals surface area contributed by atoms with Gasteiger partial charge in [0.15, 0.2) is 5.84 Å². The van der Waals surface area contributed by atoms with Crippen LogP contribution in [-0.2, 0) is 6.42 Å². The number of rotatable bonds is 4. The topological polar surface area (TPSA) is 106 Å². The third-order valence-corrected chi connectivity index (χ3v) is 4.39. The molecule has 1 aliphatic heterocycles. The van der Waals surface area contributed by atoms with E-state index in [9.17, 15) is 9.90 Å². The van der Waals surface area contributed by atoms with Gasteiger partial charge in [0.25, 0.3) is 0 Å². The highest BCUT2D eigenvalue weighted by molar-refractivity contribution is 6.04. The first-order valence-corrected chi connectivity index (χ1v) is 8.89. The van der Waals surface area contributed by atoms with Crippen LogP contribution in [0.2, 0.25) is 0 Å². The van der Waals surface area contributed by atoms with Gasteiger partial charge in [0, 0.05) is 36.1 Å².